The van der Waals surface area contributed by atoms with E-state index >= 15 is 0 Å². The van der Waals surface area contributed by atoms with Gasteiger partial charge in [-0.25, -0.2) is 0 Å². The number of hydrogen-bond donors (Lipinski definition) is 4. The average Bonchev–Trinajstić information content (AvgIpc) is 2.33. The van der Waals surface area contributed by atoms with E-state index in [0.717, 1.165) is 32.0 Å². The van der Waals surface area contributed by atoms with E-state index in [1.165, 1.54) is 0 Å². The Morgan fingerprint density at radius 3 is 2.47 bits per heavy atom. The third-order valence-corrected chi connectivity index (χ3v) is 3.67. The molecular formula is C12H16ClNO3. The molecule has 0 unspecified atom stereocenters. The van der Waals surface area contributed by atoms with Crippen LogP contribution in [0.15, 0.2) is 6.07 Å². The second kappa shape index (κ2) is 5.02. The number of aromatic hydroxyl groups is 3. The molecule has 1 aliphatic heterocycles. The van der Waals surface area contributed by atoms with E-state index in [1.807, 2.05) is 0 Å². The first kappa shape index (κ1) is 12.3. The number of benzene rings is 1. The van der Waals surface area contributed by atoms with Gasteiger partial charge < -0.3 is 20.6 Å². The van der Waals surface area contributed by atoms with Gasteiger partial charge in [0.25, 0.3) is 0 Å². The fraction of sp³-hybridized carbons (Fsp3) is 0.500. The van der Waals surface area contributed by atoms with Crippen molar-refractivity contribution in [2.24, 2.45) is 5.92 Å². The Morgan fingerprint density at radius 1 is 1.18 bits per heavy atom. The van der Waals surface area contributed by atoms with Crippen LogP contribution in [0.3, 0.4) is 0 Å². The van der Waals surface area contributed by atoms with E-state index in [0.29, 0.717) is 17.9 Å². The quantitative estimate of drug-likeness (QED) is 0.483. The Morgan fingerprint density at radius 2 is 1.82 bits per heavy atom. The minimum absolute atomic E-state index is 0.138. The number of phenols is 3. The number of rotatable bonds is 2. The van der Waals surface area contributed by atoms with Crippen LogP contribution >= 0.6 is 11.6 Å². The number of hydrogen-bond acceptors (Lipinski definition) is 4. The molecule has 94 valence electrons. The highest BCUT2D eigenvalue weighted by molar-refractivity contribution is 6.33. The van der Waals surface area contributed by atoms with Crippen molar-refractivity contribution in [3.05, 3.63) is 16.7 Å². The fourth-order valence-electron chi connectivity index (χ4n) is 2.24. The summed E-state index contributed by atoms with van der Waals surface area (Å²) >= 11 is 5.95. The van der Waals surface area contributed by atoms with Crippen LogP contribution in [0.25, 0.3) is 0 Å². The number of phenolic OH excluding ortho intramolecular Hbond substituents is 3. The first-order valence-corrected chi connectivity index (χ1v) is 6.10. The zero-order valence-electron chi connectivity index (χ0n) is 9.41. The Kier molecular flexibility index (Phi) is 3.64. The highest BCUT2D eigenvalue weighted by Crippen LogP contribution is 2.42. The average molecular weight is 258 g/mol. The smallest absolute Gasteiger partial charge is 0.162 e. The molecule has 0 amide bonds. The first-order valence-electron chi connectivity index (χ1n) is 5.72. The SMILES string of the molecule is Oc1cc(O)c(Cl)c(CC2CCNCC2)c1O. The van der Waals surface area contributed by atoms with E-state index in [-0.39, 0.29) is 22.3 Å². The van der Waals surface area contributed by atoms with Crippen LogP contribution in [0.2, 0.25) is 5.02 Å². The van der Waals surface area contributed by atoms with Gasteiger partial charge in [0, 0.05) is 11.6 Å². The molecular weight excluding hydrogens is 242 g/mol. The van der Waals surface area contributed by atoms with Gasteiger partial charge in [0.1, 0.15) is 5.75 Å². The molecule has 1 aromatic carbocycles. The van der Waals surface area contributed by atoms with Crippen LogP contribution in [0.5, 0.6) is 17.2 Å². The highest BCUT2D eigenvalue weighted by Gasteiger charge is 2.21. The molecule has 1 aliphatic rings. The molecule has 0 atom stereocenters. The minimum atomic E-state index is -0.323. The highest BCUT2D eigenvalue weighted by atomic mass is 35.5. The van der Waals surface area contributed by atoms with Crippen molar-refractivity contribution in [1.29, 1.82) is 0 Å². The molecule has 17 heavy (non-hydrogen) atoms. The molecule has 0 aromatic heterocycles. The maximum atomic E-state index is 9.77. The van der Waals surface area contributed by atoms with Crippen LogP contribution in [-0.2, 0) is 6.42 Å². The largest absolute Gasteiger partial charge is 0.506 e. The van der Waals surface area contributed by atoms with E-state index in [9.17, 15) is 15.3 Å². The molecule has 0 radical (unpaired) electrons. The predicted octanol–water partition coefficient (Wildman–Crippen LogP) is 2.00. The third kappa shape index (κ3) is 2.58. The van der Waals surface area contributed by atoms with Crippen molar-refractivity contribution < 1.29 is 15.3 Å². The molecule has 4 N–H and O–H groups in total. The van der Waals surface area contributed by atoms with Crippen LogP contribution in [0.4, 0.5) is 0 Å². The lowest BCUT2D eigenvalue weighted by Crippen LogP contribution is -2.28. The summed E-state index contributed by atoms with van der Waals surface area (Å²) in [6, 6.07) is 1.06. The van der Waals surface area contributed by atoms with E-state index in [4.69, 9.17) is 11.6 Å². The van der Waals surface area contributed by atoms with Gasteiger partial charge in [-0.1, -0.05) is 11.6 Å². The summed E-state index contributed by atoms with van der Waals surface area (Å²) in [6.07, 6.45) is 2.59. The lowest BCUT2D eigenvalue weighted by Gasteiger charge is -2.23. The third-order valence-electron chi connectivity index (χ3n) is 3.24. The van der Waals surface area contributed by atoms with Gasteiger partial charge in [0.15, 0.2) is 11.5 Å². The summed E-state index contributed by atoms with van der Waals surface area (Å²) in [5.41, 5.74) is 0.441. The monoisotopic (exact) mass is 257 g/mol. The summed E-state index contributed by atoms with van der Waals surface area (Å²) in [6.45, 7) is 1.90. The van der Waals surface area contributed by atoms with Crippen LogP contribution in [-0.4, -0.2) is 28.4 Å². The molecule has 0 bridgehead atoms. The van der Waals surface area contributed by atoms with Crippen LogP contribution in [0, 0.1) is 5.92 Å². The van der Waals surface area contributed by atoms with Crippen molar-refractivity contribution in [2.75, 3.05) is 13.1 Å². The molecule has 0 aliphatic carbocycles. The van der Waals surface area contributed by atoms with Gasteiger partial charge in [-0.05, 0) is 38.3 Å². The number of nitrogens with one attached hydrogen (secondary N) is 1. The standard InChI is InChI=1S/C12H16ClNO3/c13-11-8(5-7-1-3-14-4-2-7)12(17)10(16)6-9(11)15/h6-7,14-17H,1-5H2. The van der Waals surface area contributed by atoms with Gasteiger partial charge in [-0.2, -0.15) is 0 Å². The van der Waals surface area contributed by atoms with Crippen molar-refractivity contribution >= 4 is 11.6 Å². The van der Waals surface area contributed by atoms with Gasteiger partial charge in [-0.3, -0.25) is 0 Å². The molecule has 5 heteroatoms. The predicted molar refractivity (Wildman–Crippen MR) is 65.7 cm³/mol. The van der Waals surface area contributed by atoms with Gasteiger partial charge in [-0.15, -0.1) is 0 Å². The zero-order chi connectivity index (χ0) is 12.4. The number of halogens is 1. The Labute approximate surface area is 105 Å². The summed E-state index contributed by atoms with van der Waals surface area (Å²) in [4.78, 5) is 0. The summed E-state index contributed by atoms with van der Waals surface area (Å²) in [5, 5.41) is 32.1. The molecule has 1 aromatic rings. The van der Waals surface area contributed by atoms with Gasteiger partial charge in [0.2, 0.25) is 0 Å². The normalized spacial score (nSPS) is 17.2. The molecule has 1 saturated heterocycles. The Hall–Kier alpha value is -1.13. The van der Waals surface area contributed by atoms with Crippen molar-refractivity contribution in [1.82, 2.24) is 5.32 Å². The van der Waals surface area contributed by atoms with Gasteiger partial charge in [0.05, 0.1) is 5.02 Å². The summed E-state index contributed by atoms with van der Waals surface area (Å²) in [5.74, 6) is -0.311. The molecule has 2 rings (SSSR count). The van der Waals surface area contributed by atoms with E-state index in [2.05, 4.69) is 5.32 Å². The summed E-state index contributed by atoms with van der Waals surface area (Å²) < 4.78 is 0. The Balaban J connectivity index is 2.24. The van der Waals surface area contributed by atoms with Crippen LogP contribution < -0.4 is 5.32 Å². The molecule has 1 fully saturated rings. The van der Waals surface area contributed by atoms with E-state index in [1.54, 1.807) is 0 Å². The van der Waals surface area contributed by atoms with Gasteiger partial charge >= 0.3 is 0 Å². The summed E-state index contributed by atoms with van der Waals surface area (Å²) in [7, 11) is 0. The van der Waals surface area contributed by atoms with Crippen molar-refractivity contribution in [3.8, 4) is 17.2 Å². The molecule has 0 saturated carbocycles. The molecule has 1 heterocycles. The fourth-order valence-corrected chi connectivity index (χ4v) is 2.46. The van der Waals surface area contributed by atoms with Crippen molar-refractivity contribution in [2.45, 2.75) is 19.3 Å². The lowest BCUT2D eigenvalue weighted by molar-refractivity contribution is 0.357. The maximum absolute atomic E-state index is 9.77. The topological polar surface area (TPSA) is 72.7 Å². The molecule has 0 spiro atoms. The number of piperidine rings is 1. The minimum Gasteiger partial charge on any atom is -0.506 e. The second-order valence-electron chi connectivity index (χ2n) is 4.45. The second-order valence-corrected chi connectivity index (χ2v) is 4.83. The van der Waals surface area contributed by atoms with Crippen molar-refractivity contribution in [3.63, 3.8) is 0 Å². The van der Waals surface area contributed by atoms with E-state index < -0.39 is 0 Å². The first-order chi connectivity index (χ1) is 8.09. The maximum Gasteiger partial charge on any atom is 0.162 e. The lowest BCUT2D eigenvalue weighted by atomic mass is 9.90. The zero-order valence-corrected chi connectivity index (χ0v) is 10.2. The van der Waals surface area contributed by atoms with Crippen LogP contribution in [0.1, 0.15) is 18.4 Å². The molecule has 4 nitrogen and oxygen atoms in total. The Bertz CT molecular complexity index is 390.